The average molecular weight is 265 g/mol. The van der Waals surface area contributed by atoms with Crippen LogP contribution in [0, 0.1) is 0 Å². The van der Waals surface area contributed by atoms with Crippen molar-refractivity contribution >= 4 is 0 Å². The lowest BCUT2D eigenvalue weighted by Gasteiger charge is -2.44. The van der Waals surface area contributed by atoms with Gasteiger partial charge in [0.25, 0.3) is 0 Å². The molecule has 19 heavy (non-hydrogen) atoms. The van der Waals surface area contributed by atoms with E-state index in [1.165, 1.54) is 77.7 Å². The molecule has 3 rings (SSSR count). The van der Waals surface area contributed by atoms with Crippen LogP contribution in [0.3, 0.4) is 0 Å². The Labute approximate surface area is 118 Å². The highest BCUT2D eigenvalue weighted by Crippen LogP contribution is 2.30. The van der Waals surface area contributed by atoms with Gasteiger partial charge in [-0.1, -0.05) is 6.92 Å². The van der Waals surface area contributed by atoms with E-state index >= 15 is 0 Å². The molecule has 0 spiro atoms. The van der Waals surface area contributed by atoms with Gasteiger partial charge in [-0.3, -0.25) is 4.90 Å². The number of fused-ring (bicyclic) bond motifs is 1. The van der Waals surface area contributed by atoms with Crippen molar-refractivity contribution in [2.75, 3.05) is 32.7 Å². The number of likely N-dealkylation sites (tertiary alicyclic amines) is 1. The van der Waals surface area contributed by atoms with Gasteiger partial charge in [-0.25, -0.2) is 0 Å². The van der Waals surface area contributed by atoms with Crippen molar-refractivity contribution in [2.45, 2.75) is 70.0 Å². The zero-order chi connectivity index (χ0) is 13.1. The maximum absolute atomic E-state index is 3.73. The molecule has 0 radical (unpaired) electrons. The zero-order valence-electron chi connectivity index (χ0n) is 12.6. The number of hydrogen-bond acceptors (Lipinski definition) is 3. The fraction of sp³-hybridized carbons (Fsp3) is 1.00. The van der Waals surface area contributed by atoms with Gasteiger partial charge in [0.2, 0.25) is 0 Å². The summed E-state index contributed by atoms with van der Waals surface area (Å²) >= 11 is 0. The lowest BCUT2D eigenvalue weighted by Crippen LogP contribution is -2.53. The molecule has 0 aromatic carbocycles. The maximum atomic E-state index is 3.73. The molecule has 1 N–H and O–H groups in total. The normalized spacial score (nSPS) is 37.4. The van der Waals surface area contributed by atoms with Crippen LogP contribution in [0.4, 0.5) is 0 Å². The lowest BCUT2D eigenvalue weighted by molar-refractivity contribution is 0.0642. The first kappa shape index (κ1) is 13.8. The van der Waals surface area contributed by atoms with Crippen LogP contribution in [-0.4, -0.2) is 60.6 Å². The third-order valence-corrected chi connectivity index (χ3v) is 5.44. The fourth-order valence-corrected chi connectivity index (χ4v) is 4.39. The summed E-state index contributed by atoms with van der Waals surface area (Å²) in [5.74, 6) is 0. The molecule has 0 amide bonds. The highest BCUT2D eigenvalue weighted by Gasteiger charge is 2.35. The molecule has 0 aliphatic carbocycles. The Morgan fingerprint density at radius 1 is 0.947 bits per heavy atom. The molecule has 3 saturated heterocycles. The van der Waals surface area contributed by atoms with Crippen LogP contribution < -0.4 is 5.32 Å². The summed E-state index contributed by atoms with van der Waals surface area (Å²) in [6.45, 7) is 8.85. The molecule has 3 aliphatic rings. The van der Waals surface area contributed by atoms with E-state index in [9.17, 15) is 0 Å². The Kier molecular flexibility index (Phi) is 4.78. The highest BCUT2D eigenvalue weighted by molar-refractivity contribution is 4.92. The minimum absolute atomic E-state index is 0.760. The Hall–Kier alpha value is -0.120. The molecule has 0 aromatic heterocycles. The summed E-state index contributed by atoms with van der Waals surface area (Å²) in [6.07, 6.45) is 9.80. The van der Waals surface area contributed by atoms with Crippen LogP contribution in [0.1, 0.15) is 51.9 Å². The minimum atomic E-state index is 0.760. The van der Waals surface area contributed by atoms with E-state index in [1.807, 2.05) is 0 Å². The molecule has 3 fully saturated rings. The molecule has 110 valence electrons. The largest absolute Gasteiger partial charge is 0.313 e. The number of nitrogens with zero attached hydrogens (tertiary/aromatic N) is 2. The second-order valence-electron chi connectivity index (χ2n) is 6.80. The first-order valence-corrected chi connectivity index (χ1v) is 8.58. The van der Waals surface area contributed by atoms with E-state index in [0.717, 1.165) is 18.1 Å². The van der Waals surface area contributed by atoms with Gasteiger partial charge in [0.1, 0.15) is 0 Å². The molecule has 3 heteroatoms. The molecule has 3 atom stereocenters. The van der Waals surface area contributed by atoms with Crippen molar-refractivity contribution in [3.05, 3.63) is 0 Å². The van der Waals surface area contributed by atoms with Crippen LogP contribution >= 0.6 is 0 Å². The van der Waals surface area contributed by atoms with Gasteiger partial charge in [-0.15, -0.1) is 0 Å². The summed E-state index contributed by atoms with van der Waals surface area (Å²) in [6, 6.07) is 2.56. The Balaban J connectivity index is 1.50. The van der Waals surface area contributed by atoms with Crippen LogP contribution in [0.15, 0.2) is 0 Å². The summed E-state index contributed by atoms with van der Waals surface area (Å²) in [5.41, 5.74) is 0. The van der Waals surface area contributed by atoms with Crippen molar-refractivity contribution in [1.82, 2.24) is 15.1 Å². The predicted molar refractivity (Wildman–Crippen MR) is 80.5 cm³/mol. The van der Waals surface area contributed by atoms with Crippen LogP contribution in [0.25, 0.3) is 0 Å². The third kappa shape index (κ3) is 3.32. The Bertz CT molecular complexity index is 281. The summed E-state index contributed by atoms with van der Waals surface area (Å²) in [7, 11) is 0. The van der Waals surface area contributed by atoms with Crippen LogP contribution in [0.2, 0.25) is 0 Å². The minimum Gasteiger partial charge on any atom is -0.313 e. The molecular weight excluding hydrogens is 234 g/mol. The van der Waals surface area contributed by atoms with Gasteiger partial charge in [-0.05, 0) is 71.1 Å². The van der Waals surface area contributed by atoms with E-state index in [4.69, 9.17) is 0 Å². The van der Waals surface area contributed by atoms with Gasteiger partial charge in [0, 0.05) is 24.7 Å². The van der Waals surface area contributed by atoms with Gasteiger partial charge < -0.3 is 10.2 Å². The number of piperidine rings is 2. The maximum Gasteiger partial charge on any atom is 0.0195 e. The van der Waals surface area contributed by atoms with E-state index < -0.39 is 0 Å². The SMILES string of the molecule is CCCNC1CCCN(C2CCN3CCCC3C2)C1. The zero-order valence-corrected chi connectivity index (χ0v) is 12.6. The van der Waals surface area contributed by atoms with Crippen molar-refractivity contribution in [3.8, 4) is 0 Å². The van der Waals surface area contributed by atoms with Gasteiger partial charge in [0.05, 0.1) is 0 Å². The fourth-order valence-electron chi connectivity index (χ4n) is 4.39. The van der Waals surface area contributed by atoms with E-state index in [0.29, 0.717) is 0 Å². The van der Waals surface area contributed by atoms with Crippen molar-refractivity contribution in [3.63, 3.8) is 0 Å². The van der Waals surface area contributed by atoms with Gasteiger partial charge in [-0.2, -0.15) is 0 Å². The highest BCUT2D eigenvalue weighted by atomic mass is 15.2. The summed E-state index contributed by atoms with van der Waals surface area (Å²) in [4.78, 5) is 5.56. The standard InChI is InChI=1S/C16H31N3/c1-2-8-17-14-5-3-10-19(13-14)16-7-11-18-9-4-6-15(18)12-16/h14-17H,2-13H2,1H3. The van der Waals surface area contributed by atoms with E-state index in [-0.39, 0.29) is 0 Å². The Morgan fingerprint density at radius 3 is 2.63 bits per heavy atom. The van der Waals surface area contributed by atoms with Crippen molar-refractivity contribution in [1.29, 1.82) is 0 Å². The second-order valence-corrected chi connectivity index (χ2v) is 6.80. The quantitative estimate of drug-likeness (QED) is 0.839. The first-order chi connectivity index (χ1) is 9.36. The van der Waals surface area contributed by atoms with Crippen molar-refractivity contribution in [2.24, 2.45) is 0 Å². The summed E-state index contributed by atoms with van der Waals surface area (Å²) < 4.78 is 0. The lowest BCUT2D eigenvalue weighted by atomic mass is 9.93. The number of nitrogens with one attached hydrogen (secondary N) is 1. The summed E-state index contributed by atoms with van der Waals surface area (Å²) in [5, 5.41) is 3.73. The average Bonchev–Trinajstić information content (AvgIpc) is 2.92. The van der Waals surface area contributed by atoms with Gasteiger partial charge in [0.15, 0.2) is 0 Å². The van der Waals surface area contributed by atoms with Crippen LogP contribution in [0.5, 0.6) is 0 Å². The second kappa shape index (κ2) is 6.55. The smallest absolute Gasteiger partial charge is 0.0195 e. The monoisotopic (exact) mass is 265 g/mol. The Morgan fingerprint density at radius 2 is 1.74 bits per heavy atom. The molecule has 3 aliphatic heterocycles. The molecule has 0 bridgehead atoms. The molecular formula is C16H31N3. The van der Waals surface area contributed by atoms with Gasteiger partial charge >= 0.3 is 0 Å². The number of hydrogen-bond donors (Lipinski definition) is 1. The molecule has 3 heterocycles. The molecule has 0 aromatic rings. The van der Waals surface area contributed by atoms with Crippen LogP contribution in [-0.2, 0) is 0 Å². The predicted octanol–water partition coefficient (Wildman–Crippen LogP) is 2.08. The number of rotatable bonds is 4. The molecule has 3 nitrogen and oxygen atoms in total. The molecule has 0 saturated carbocycles. The third-order valence-electron chi connectivity index (χ3n) is 5.44. The molecule has 3 unspecified atom stereocenters. The topological polar surface area (TPSA) is 18.5 Å². The van der Waals surface area contributed by atoms with Crippen molar-refractivity contribution < 1.29 is 0 Å². The van der Waals surface area contributed by atoms with E-state index in [1.54, 1.807) is 0 Å². The first-order valence-electron chi connectivity index (χ1n) is 8.58. The van der Waals surface area contributed by atoms with E-state index in [2.05, 4.69) is 22.0 Å².